The van der Waals surface area contributed by atoms with E-state index in [1.165, 1.54) is 0 Å². The molecule has 0 aliphatic rings. The van der Waals surface area contributed by atoms with E-state index < -0.39 is 34.8 Å². The lowest BCUT2D eigenvalue weighted by Gasteiger charge is -2.07. The smallest absolute Gasteiger partial charge is 0.344 e. The molecule has 0 fully saturated rings. The van der Waals surface area contributed by atoms with Crippen LogP contribution >= 0.6 is 0 Å². The maximum atomic E-state index is 13.2. The molecule has 0 aliphatic carbocycles. The normalized spacial score (nSPS) is 10.2. The molecule has 1 aromatic rings. The van der Waals surface area contributed by atoms with Crippen LogP contribution in [0.2, 0.25) is 0 Å². The van der Waals surface area contributed by atoms with Crippen LogP contribution < -0.4 is 0 Å². The van der Waals surface area contributed by atoms with Gasteiger partial charge in [0.15, 0.2) is 17.5 Å². The summed E-state index contributed by atoms with van der Waals surface area (Å²) in [5, 5.41) is 0. The quantitative estimate of drug-likeness (QED) is 0.203. The molecular formula is C12H10F4O2. The predicted molar refractivity (Wildman–Crippen MR) is 56.0 cm³/mol. The van der Waals surface area contributed by atoms with Crippen LogP contribution in [0, 0.1) is 23.3 Å². The van der Waals surface area contributed by atoms with Gasteiger partial charge < -0.3 is 4.74 Å². The van der Waals surface area contributed by atoms with Crippen LogP contribution in [0.15, 0.2) is 18.7 Å². The maximum Gasteiger partial charge on any atom is 0.344 e. The van der Waals surface area contributed by atoms with E-state index in [1.54, 1.807) is 6.08 Å². The van der Waals surface area contributed by atoms with Crippen molar-refractivity contribution >= 4 is 5.97 Å². The summed E-state index contributed by atoms with van der Waals surface area (Å²) < 4.78 is 56.3. The highest BCUT2D eigenvalue weighted by atomic mass is 19.2. The van der Waals surface area contributed by atoms with Gasteiger partial charge >= 0.3 is 5.97 Å². The minimum absolute atomic E-state index is 0.0945. The summed E-state index contributed by atoms with van der Waals surface area (Å²) in [5.41, 5.74) is -1.23. The van der Waals surface area contributed by atoms with Crippen molar-refractivity contribution in [3.8, 4) is 0 Å². The Morgan fingerprint density at radius 2 is 1.89 bits per heavy atom. The number of halogens is 4. The third-order valence-electron chi connectivity index (χ3n) is 2.10. The van der Waals surface area contributed by atoms with E-state index in [0.29, 0.717) is 12.8 Å². The van der Waals surface area contributed by atoms with Crippen LogP contribution in [0.1, 0.15) is 23.2 Å². The van der Waals surface area contributed by atoms with Crippen LogP contribution in [-0.2, 0) is 4.74 Å². The molecule has 1 aromatic carbocycles. The Bertz CT molecular complexity index is 472. The van der Waals surface area contributed by atoms with Gasteiger partial charge in [-0.25, -0.2) is 22.4 Å². The molecule has 0 atom stereocenters. The molecule has 0 N–H and O–H groups in total. The Kier molecular flexibility index (Phi) is 4.88. The van der Waals surface area contributed by atoms with Crippen LogP contribution in [0.3, 0.4) is 0 Å². The zero-order valence-corrected chi connectivity index (χ0v) is 9.31. The number of benzene rings is 1. The van der Waals surface area contributed by atoms with Crippen molar-refractivity contribution in [3.05, 3.63) is 47.6 Å². The van der Waals surface area contributed by atoms with Crippen molar-refractivity contribution in [3.63, 3.8) is 0 Å². The highest BCUT2D eigenvalue weighted by molar-refractivity contribution is 5.90. The van der Waals surface area contributed by atoms with Gasteiger partial charge in [0.25, 0.3) is 0 Å². The molecule has 0 heterocycles. The second-order valence-electron chi connectivity index (χ2n) is 3.41. The number of allylic oxidation sites excluding steroid dienone is 1. The lowest BCUT2D eigenvalue weighted by Crippen LogP contribution is -2.13. The molecule has 0 spiro atoms. The van der Waals surface area contributed by atoms with Gasteiger partial charge in [0.1, 0.15) is 11.4 Å². The molecule has 6 heteroatoms. The monoisotopic (exact) mass is 262 g/mol. The van der Waals surface area contributed by atoms with Crippen molar-refractivity contribution in [2.24, 2.45) is 0 Å². The van der Waals surface area contributed by atoms with E-state index in [4.69, 9.17) is 0 Å². The molecule has 0 saturated carbocycles. The Hall–Kier alpha value is -1.85. The number of hydrogen-bond acceptors (Lipinski definition) is 2. The lowest BCUT2D eigenvalue weighted by atomic mass is 10.2. The van der Waals surface area contributed by atoms with Gasteiger partial charge in [-0.3, -0.25) is 0 Å². The van der Waals surface area contributed by atoms with E-state index in [9.17, 15) is 22.4 Å². The molecular weight excluding hydrogens is 252 g/mol. The van der Waals surface area contributed by atoms with Gasteiger partial charge in [-0.1, -0.05) is 6.08 Å². The third-order valence-corrected chi connectivity index (χ3v) is 2.10. The Morgan fingerprint density at radius 1 is 1.22 bits per heavy atom. The van der Waals surface area contributed by atoms with Gasteiger partial charge in [0, 0.05) is 6.07 Å². The average molecular weight is 262 g/mol. The summed E-state index contributed by atoms with van der Waals surface area (Å²) in [4.78, 5) is 11.3. The molecule has 0 saturated heterocycles. The first-order valence-corrected chi connectivity index (χ1v) is 5.10. The van der Waals surface area contributed by atoms with Crippen molar-refractivity contribution in [1.29, 1.82) is 0 Å². The second-order valence-corrected chi connectivity index (χ2v) is 3.41. The second kappa shape index (κ2) is 6.18. The Labute approximate surface area is 101 Å². The Balaban J connectivity index is 2.86. The van der Waals surface area contributed by atoms with Crippen LogP contribution in [0.4, 0.5) is 17.6 Å². The topological polar surface area (TPSA) is 26.3 Å². The van der Waals surface area contributed by atoms with Crippen molar-refractivity contribution < 1.29 is 27.1 Å². The number of carbonyl (C=O) groups excluding carboxylic acids is 1. The minimum Gasteiger partial charge on any atom is -0.462 e. The number of esters is 1. The highest BCUT2D eigenvalue weighted by Crippen LogP contribution is 2.20. The standard InChI is InChI=1S/C12H10F4O2/c1-2-3-4-5-18-12(17)9-7(13)6-8(14)10(15)11(9)16/h2,6H,1,3-5H2. The summed E-state index contributed by atoms with van der Waals surface area (Å²) in [7, 11) is 0. The molecule has 2 nitrogen and oxygen atoms in total. The summed E-state index contributed by atoms with van der Waals surface area (Å²) >= 11 is 0. The van der Waals surface area contributed by atoms with Crippen LogP contribution in [0.25, 0.3) is 0 Å². The molecule has 0 aliphatic heterocycles. The Morgan fingerprint density at radius 3 is 2.50 bits per heavy atom. The zero-order chi connectivity index (χ0) is 13.7. The van der Waals surface area contributed by atoms with E-state index in [0.717, 1.165) is 0 Å². The van der Waals surface area contributed by atoms with Gasteiger partial charge in [-0.2, -0.15) is 0 Å². The number of hydrogen-bond donors (Lipinski definition) is 0. The first-order valence-electron chi connectivity index (χ1n) is 5.10. The van der Waals surface area contributed by atoms with Crippen LogP contribution in [0.5, 0.6) is 0 Å². The number of rotatable bonds is 5. The first-order chi connectivity index (χ1) is 8.49. The summed E-state index contributed by atoms with van der Waals surface area (Å²) in [6, 6.07) is 0.0960. The van der Waals surface area contributed by atoms with E-state index in [2.05, 4.69) is 11.3 Å². The maximum absolute atomic E-state index is 13.2. The van der Waals surface area contributed by atoms with Gasteiger partial charge in [0.05, 0.1) is 6.61 Å². The third kappa shape index (κ3) is 3.09. The summed E-state index contributed by atoms with van der Waals surface area (Å²) in [6.07, 6.45) is 2.55. The van der Waals surface area contributed by atoms with Gasteiger partial charge in [0.2, 0.25) is 0 Å². The van der Waals surface area contributed by atoms with Crippen molar-refractivity contribution in [2.75, 3.05) is 6.61 Å². The van der Waals surface area contributed by atoms with Gasteiger partial charge in [-0.05, 0) is 12.8 Å². The van der Waals surface area contributed by atoms with Crippen LogP contribution in [-0.4, -0.2) is 12.6 Å². The summed E-state index contributed by atoms with van der Waals surface area (Å²) in [6.45, 7) is 3.34. The number of ether oxygens (including phenoxy) is 1. The van der Waals surface area contributed by atoms with Crippen molar-refractivity contribution in [2.45, 2.75) is 12.8 Å². The molecule has 0 amide bonds. The van der Waals surface area contributed by atoms with Gasteiger partial charge in [-0.15, -0.1) is 6.58 Å². The molecule has 0 bridgehead atoms. The van der Waals surface area contributed by atoms with E-state index in [-0.39, 0.29) is 12.7 Å². The summed E-state index contributed by atoms with van der Waals surface area (Å²) in [5.74, 6) is -8.36. The lowest BCUT2D eigenvalue weighted by molar-refractivity contribution is 0.0488. The predicted octanol–water partition coefficient (Wildman–Crippen LogP) is 3.37. The number of unbranched alkanes of at least 4 members (excludes halogenated alkanes) is 1. The van der Waals surface area contributed by atoms with E-state index >= 15 is 0 Å². The molecule has 18 heavy (non-hydrogen) atoms. The fraction of sp³-hybridized carbons (Fsp3) is 0.250. The first kappa shape index (κ1) is 14.2. The molecule has 98 valence electrons. The van der Waals surface area contributed by atoms with E-state index in [1.807, 2.05) is 0 Å². The molecule has 0 radical (unpaired) electrons. The fourth-order valence-corrected chi connectivity index (χ4v) is 1.22. The molecule has 1 rings (SSSR count). The molecule has 0 aromatic heterocycles. The number of carbonyl (C=O) groups is 1. The molecule has 0 unspecified atom stereocenters. The largest absolute Gasteiger partial charge is 0.462 e. The SMILES string of the molecule is C=CCCCOC(=O)c1c(F)cc(F)c(F)c1F. The fourth-order valence-electron chi connectivity index (χ4n) is 1.22. The zero-order valence-electron chi connectivity index (χ0n) is 9.31. The minimum atomic E-state index is -1.91. The average Bonchev–Trinajstić information content (AvgIpc) is 2.32. The van der Waals surface area contributed by atoms with Crippen molar-refractivity contribution in [1.82, 2.24) is 0 Å². The highest BCUT2D eigenvalue weighted by Gasteiger charge is 2.25.